The van der Waals surface area contributed by atoms with E-state index in [9.17, 15) is 14.9 Å². The van der Waals surface area contributed by atoms with E-state index in [0.717, 1.165) is 26.9 Å². The molecule has 27 heavy (non-hydrogen) atoms. The fraction of sp³-hybridized carbons (Fsp3) is 0.300. The van der Waals surface area contributed by atoms with Gasteiger partial charge in [-0.25, -0.2) is 4.98 Å². The van der Waals surface area contributed by atoms with Crippen LogP contribution in [0.3, 0.4) is 0 Å². The quantitative estimate of drug-likeness (QED) is 0.492. The van der Waals surface area contributed by atoms with Gasteiger partial charge in [-0.3, -0.25) is 19.8 Å². The number of amides is 1. The van der Waals surface area contributed by atoms with Crippen molar-refractivity contribution in [3.63, 3.8) is 0 Å². The molecule has 0 saturated heterocycles. The Morgan fingerprint density at radius 3 is 2.70 bits per heavy atom. The molecule has 0 spiro atoms. The fourth-order valence-corrected chi connectivity index (χ4v) is 4.51. The summed E-state index contributed by atoms with van der Waals surface area (Å²) in [5.41, 5.74) is 4.06. The second-order valence-electron chi connectivity index (χ2n) is 7.03. The number of aromatic nitrogens is 1. The molecule has 1 aliphatic rings. The lowest BCUT2D eigenvalue weighted by Crippen LogP contribution is -2.33. The van der Waals surface area contributed by atoms with Crippen LogP contribution in [0.25, 0.3) is 10.2 Å². The number of carbonyl (C=O) groups is 1. The summed E-state index contributed by atoms with van der Waals surface area (Å²) in [4.78, 5) is 30.0. The van der Waals surface area contributed by atoms with Gasteiger partial charge in [0.1, 0.15) is 5.92 Å². The van der Waals surface area contributed by atoms with Crippen molar-refractivity contribution in [3.05, 3.63) is 69.3 Å². The minimum absolute atomic E-state index is 0.214. The Bertz CT molecular complexity index is 1030. The summed E-state index contributed by atoms with van der Waals surface area (Å²) < 4.78 is 1.02. The summed E-state index contributed by atoms with van der Waals surface area (Å²) in [6.45, 7) is 4.40. The van der Waals surface area contributed by atoms with Crippen LogP contribution in [0.4, 0.5) is 5.13 Å². The highest BCUT2D eigenvalue weighted by atomic mass is 32.1. The highest BCUT2D eigenvalue weighted by Gasteiger charge is 2.55. The number of benzene rings is 2. The predicted octanol–water partition coefficient (Wildman–Crippen LogP) is 4.11. The molecule has 7 heteroatoms. The SMILES string of the molecule is Cc1cc(C)c2nc(N(Cc3ccccc3)C(=O)C3CC3[N+](=O)[O-])sc2c1. The molecule has 1 saturated carbocycles. The van der Waals surface area contributed by atoms with E-state index in [0.29, 0.717) is 18.1 Å². The Morgan fingerprint density at radius 1 is 1.30 bits per heavy atom. The molecule has 0 N–H and O–H groups in total. The van der Waals surface area contributed by atoms with Crippen molar-refractivity contribution in [1.29, 1.82) is 0 Å². The zero-order chi connectivity index (χ0) is 19.1. The average Bonchev–Trinajstić information content (AvgIpc) is 3.33. The van der Waals surface area contributed by atoms with Crippen LogP contribution in [-0.2, 0) is 11.3 Å². The van der Waals surface area contributed by atoms with Crippen molar-refractivity contribution in [2.45, 2.75) is 32.9 Å². The van der Waals surface area contributed by atoms with Crippen LogP contribution >= 0.6 is 11.3 Å². The molecule has 1 aromatic heterocycles. The maximum absolute atomic E-state index is 13.0. The smallest absolute Gasteiger partial charge is 0.239 e. The third-order valence-electron chi connectivity index (χ3n) is 4.84. The van der Waals surface area contributed by atoms with Crippen LogP contribution in [0.5, 0.6) is 0 Å². The minimum Gasteiger partial charge on any atom is -0.283 e. The van der Waals surface area contributed by atoms with Gasteiger partial charge in [0.2, 0.25) is 11.9 Å². The Labute approximate surface area is 160 Å². The van der Waals surface area contributed by atoms with Crippen molar-refractivity contribution in [2.24, 2.45) is 5.92 Å². The largest absolute Gasteiger partial charge is 0.283 e. The third-order valence-corrected chi connectivity index (χ3v) is 5.87. The molecule has 138 valence electrons. The van der Waals surface area contributed by atoms with Gasteiger partial charge in [-0.2, -0.15) is 0 Å². The number of carbonyl (C=O) groups excluding carboxylic acids is 1. The number of thiazole rings is 1. The Kier molecular flexibility index (Phi) is 4.39. The zero-order valence-corrected chi connectivity index (χ0v) is 15.9. The molecule has 1 fully saturated rings. The first-order chi connectivity index (χ1) is 12.9. The van der Waals surface area contributed by atoms with E-state index in [-0.39, 0.29) is 10.8 Å². The second-order valence-corrected chi connectivity index (χ2v) is 8.04. The van der Waals surface area contributed by atoms with Crippen LogP contribution < -0.4 is 4.90 Å². The van der Waals surface area contributed by atoms with E-state index in [2.05, 4.69) is 12.1 Å². The third kappa shape index (κ3) is 3.42. The number of hydrogen-bond acceptors (Lipinski definition) is 5. The summed E-state index contributed by atoms with van der Waals surface area (Å²) in [6, 6.07) is 13.0. The topological polar surface area (TPSA) is 76.3 Å². The van der Waals surface area contributed by atoms with Crippen LogP contribution in [0.15, 0.2) is 42.5 Å². The molecule has 0 aliphatic heterocycles. The van der Waals surface area contributed by atoms with Crippen molar-refractivity contribution in [3.8, 4) is 0 Å². The van der Waals surface area contributed by atoms with Crippen molar-refractivity contribution in [2.75, 3.05) is 4.90 Å². The first-order valence-electron chi connectivity index (χ1n) is 8.80. The molecule has 6 nitrogen and oxygen atoms in total. The van der Waals surface area contributed by atoms with Crippen molar-refractivity contribution < 1.29 is 9.72 Å². The molecule has 4 rings (SSSR count). The molecular weight excluding hydrogens is 362 g/mol. The summed E-state index contributed by atoms with van der Waals surface area (Å²) >= 11 is 1.46. The monoisotopic (exact) mass is 381 g/mol. The van der Waals surface area contributed by atoms with Crippen LogP contribution in [0, 0.1) is 29.9 Å². The molecule has 1 amide bonds. The second kappa shape index (κ2) is 6.74. The number of fused-ring (bicyclic) bond motifs is 1. The van der Waals surface area contributed by atoms with Gasteiger partial charge in [-0.15, -0.1) is 0 Å². The van der Waals surface area contributed by atoms with E-state index < -0.39 is 12.0 Å². The normalized spacial score (nSPS) is 18.4. The first kappa shape index (κ1) is 17.6. The van der Waals surface area contributed by atoms with Gasteiger partial charge in [0.25, 0.3) is 0 Å². The summed E-state index contributed by atoms with van der Waals surface area (Å²) in [5, 5.41) is 11.6. The van der Waals surface area contributed by atoms with Gasteiger partial charge >= 0.3 is 0 Å². The van der Waals surface area contributed by atoms with E-state index in [1.54, 1.807) is 4.90 Å². The van der Waals surface area contributed by atoms with Gasteiger partial charge in [0.15, 0.2) is 5.13 Å². The van der Waals surface area contributed by atoms with Gasteiger partial charge in [-0.05, 0) is 36.6 Å². The van der Waals surface area contributed by atoms with Crippen molar-refractivity contribution in [1.82, 2.24) is 4.98 Å². The Hall–Kier alpha value is -2.80. The molecule has 3 aromatic rings. The fourth-order valence-electron chi connectivity index (χ4n) is 3.36. The molecule has 0 bridgehead atoms. The Balaban J connectivity index is 1.72. The summed E-state index contributed by atoms with van der Waals surface area (Å²) in [7, 11) is 0. The lowest BCUT2D eigenvalue weighted by molar-refractivity contribution is -0.497. The van der Waals surface area contributed by atoms with Crippen LogP contribution in [-0.4, -0.2) is 21.9 Å². The van der Waals surface area contributed by atoms with Gasteiger partial charge in [0, 0.05) is 11.3 Å². The van der Waals surface area contributed by atoms with E-state index in [1.807, 2.05) is 44.2 Å². The minimum atomic E-state index is -0.769. The standard InChI is InChI=1S/C20H19N3O3S/c1-12-8-13(2)18-17(9-12)27-20(21-18)22(11-14-6-4-3-5-7-14)19(24)15-10-16(15)23(25)26/h3-9,15-16H,10-11H2,1-2H3. The van der Waals surface area contributed by atoms with Crippen molar-refractivity contribution >= 4 is 32.6 Å². The lowest BCUT2D eigenvalue weighted by atomic mass is 10.1. The van der Waals surface area contributed by atoms with E-state index >= 15 is 0 Å². The zero-order valence-electron chi connectivity index (χ0n) is 15.1. The lowest BCUT2D eigenvalue weighted by Gasteiger charge is -2.19. The molecule has 2 aromatic carbocycles. The Morgan fingerprint density at radius 2 is 2.04 bits per heavy atom. The highest BCUT2D eigenvalue weighted by Crippen LogP contribution is 2.39. The number of aryl methyl sites for hydroxylation is 2. The predicted molar refractivity (Wildman–Crippen MR) is 106 cm³/mol. The molecule has 0 radical (unpaired) electrons. The first-order valence-corrected chi connectivity index (χ1v) is 9.62. The van der Waals surface area contributed by atoms with Gasteiger partial charge in [0.05, 0.1) is 16.8 Å². The summed E-state index contributed by atoms with van der Waals surface area (Å²) in [6.07, 6.45) is 0.306. The van der Waals surface area contributed by atoms with Crippen LogP contribution in [0.2, 0.25) is 0 Å². The van der Waals surface area contributed by atoms with E-state index in [4.69, 9.17) is 4.98 Å². The molecular formula is C20H19N3O3S. The van der Waals surface area contributed by atoms with Gasteiger partial charge in [-0.1, -0.05) is 47.7 Å². The molecule has 1 heterocycles. The van der Waals surface area contributed by atoms with Gasteiger partial charge < -0.3 is 0 Å². The average molecular weight is 381 g/mol. The number of rotatable bonds is 5. The number of nitro groups is 1. The maximum atomic E-state index is 13.0. The number of anilines is 1. The number of hydrogen-bond donors (Lipinski definition) is 0. The molecule has 2 unspecified atom stereocenters. The molecule has 1 aliphatic carbocycles. The summed E-state index contributed by atoms with van der Waals surface area (Å²) in [5.74, 6) is -0.771. The van der Waals surface area contributed by atoms with Crippen LogP contribution in [0.1, 0.15) is 23.1 Å². The number of nitrogens with zero attached hydrogens (tertiary/aromatic N) is 3. The highest BCUT2D eigenvalue weighted by molar-refractivity contribution is 7.22. The maximum Gasteiger partial charge on any atom is 0.239 e. The molecule has 2 atom stereocenters. The van der Waals surface area contributed by atoms with E-state index in [1.165, 1.54) is 11.3 Å².